The predicted molar refractivity (Wildman–Crippen MR) is 47.2 cm³/mol. The molecule has 0 radical (unpaired) electrons. The summed E-state index contributed by atoms with van der Waals surface area (Å²) in [6, 6.07) is 0. The third-order valence-electron chi connectivity index (χ3n) is 2.20. The number of methoxy groups -OCH3 is 1. The van der Waals surface area contributed by atoms with Gasteiger partial charge in [0.1, 0.15) is 0 Å². The van der Waals surface area contributed by atoms with Crippen LogP contribution in [0.2, 0.25) is 0 Å². The van der Waals surface area contributed by atoms with E-state index in [9.17, 15) is 0 Å². The first-order chi connectivity index (χ1) is 5.38. The van der Waals surface area contributed by atoms with Crippen molar-refractivity contribution < 1.29 is 4.74 Å². The highest BCUT2D eigenvalue weighted by Crippen LogP contribution is 2.28. The molecule has 0 bridgehead atoms. The molecule has 0 saturated heterocycles. The molecule has 0 aromatic rings. The maximum Gasteiger partial charge on any atom is 0.0790 e. The molecule has 1 nitrogen and oxygen atoms in total. The van der Waals surface area contributed by atoms with E-state index in [-0.39, 0.29) is 0 Å². The van der Waals surface area contributed by atoms with E-state index in [1.165, 1.54) is 19.3 Å². The molecule has 62 valence electrons. The van der Waals surface area contributed by atoms with Crippen LogP contribution in [-0.2, 0) is 4.74 Å². The Morgan fingerprint density at radius 1 is 1.73 bits per heavy atom. The van der Waals surface area contributed by atoms with Crippen molar-refractivity contribution in [1.82, 2.24) is 0 Å². The number of allylic oxidation sites excluding steroid dienone is 3. The van der Waals surface area contributed by atoms with Gasteiger partial charge in [0.25, 0.3) is 0 Å². The SMILES string of the molecule is CCC(/C=C/OC)C1=CCC1. The molecule has 1 aliphatic rings. The average Bonchev–Trinajstić information content (AvgIpc) is 1.93. The molecule has 0 aromatic carbocycles. The Hall–Kier alpha value is -0.720. The Bertz CT molecular complexity index is 168. The van der Waals surface area contributed by atoms with Gasteiger partial charge in [-0.2, -0.15) is 0 Å². The van der Waals surface area contributed by atoms with Gasteiger partial charge in [0.2, 0.25) is 0 Å². The van der Waals surface area contributed by atoms with E-state index in [4.69, 9.17) is 4.74 Å². The molecule has 0 fully saturated rings. The van der Waals surface area contributed by atoms with Crippen LogP contribution < -0.4 is 0 Å². The standard InChI is InChI=1S/C10H16O/c1-3-9(7-8-11-2)10-5-4-6-10/h5,7-9H,3-4,6H2,1-2H3/b8-7+. The van der Waals surface area contributed by atoms with E-state index in [0.717, 1.165) is 0 Å². The van der Waals surface area contributed by atoms with Gasteiger partial charge in [0, 0.05) is 5.92 Å². The Morgan fingerprint density at radius 2 is 2.45 bits per heavy atom. The molecular formula is C10H16O. The lowest BCUT2D eigenvalue weighted by Crippen LogP contribution is -2.05. The minimum atomic E-state index is 0.628. The first-order valence-electron chi connectivity index (χ1n) is 4.27. The fourth-order valence-electron chi connectivity index (χ4n) is 1.34. The summed E-state index contributed by atoms with van der Waals surface area (Å²) in [6.07, 6.45) is 10.00. The Morgan fingerprint density at radius 3 is 2.82 bits per heavy atom. The summed E-state index contributed by atoms with van der Waals surface area (Å²) in [7, 11) is 1.69. The lowest BCUT2D eigenvalue weighted by molar-refractivity contribution is 0.334. The van der Waals surface area contributed by atoms with E-state index >= 15 is 0 Å². The van der Waals surface area contributed by atoms with Crippen LogP contribution in [0.4, 0.5) is 0 Å². The Kier molecular flexibility index (Phi) is 3.21. The van der Waals surface area contributed by atoms with E-state index < -0.39 is 0 Å². The topological polar surface area (TPSA) is 9.23 Å². The number of hydrogen-bond acceptors (Lipinski definition) is 1. The lowest BCUT2D eigenvalue weighted by atomic mass is 9.85. The van der Waals surface area contributed by atoms with Crippen molar-refractivity contribution in [2.24, 2.45) is 5.92 Å². The van der Waals surface area contributed by atoms with E-state index in [2.05, 4.69) is 19.1 Å². The summed E-state index contributed by atoms with van der Waals surface area (Å²) in [6.45, 7) is 2.21. The molecule has 0 saturated carbocycles. The second kappa shape index (κ2) is 4.22. The summed E-state index contributed by atoms with van der Waals surface area (Å²) in [5.41, 5.74) is 1.58. The van der Waals surface area contributed by atoms with Crippen LogP contribution >= 0.6 is 0 Å². The van der Waals surface area contributed by atoms with Gasteiger partial charge in [0.05, 0.1) is 13.4 Å². The zero-order valence-electron chi connectivity index (χ0n) is 7.34. The molecule has 1 unspecified atom stereocenters. The summed E-state index contributed by atoms with van der Waals surface area (Å²) in [5.74, 6) is 0.628. The van der Waals surface area contributed by atoms with Crippen molar-refractivity contribution in [3.8, 4) is 0 Å². The van der Waals surface area contributed by atoms with Crippen molar-refractivity contribution in [2.45, 2.75) is 26.2 Å². The largest absolute Gasteiger partial charge is 0.505 e. The first-order valence-corrected chi connectivity index (χ1v) is 4.27. The van der Waals surface area contributed by atoms with Crippen molar-refractivity contribution in [3.05, 3.63) is 24.0 Å². The lowest BCUT2D eigenvalue weighted by Gasteiger charge is -2.20. The smallest absolute Gasteiger partial charge is 0.0790 e. The number of ether oxygens (including phenoxy) is 1. The Balaban J connectivity index is 2.42. The molecule has 0 N–H and O–H groups in total. The molecule has 0 amide bonds. The molecule has 0 spiro atoms. The highest BCUT2D eigenvalue weighted by molar-refractivity contribution is 5.19. The molecular weight excluding hydrogens is 136 g/mol. The molecule has 0 aliphatic heterocycles. The van der Waals surface area contributed by atoms with E-state index in [1.807, 2.05) is 0 Å². The van der Waals surface area contributed by atoms with Crippen LogP contribution in [0.15, 0.2) is 24.0 Å². The van der Waals surface area contributed by atoms with Crippen LogP contribution in [0, 0.1) is 5.92 Å². The van der Waals surface area contributed by atoms with Crippen LogP contribution in [0.25, 0.3) is 0 Å². The van der Waals surface area contributed by atoms with Gasteiger partial charge >= 0.3 is 0 Å². The number of rotatable bonds is 4. The summed E-state index contributed by atoms with van der Waals surface area (Å²) >= 11 is 0. The summed E-state index contributed by atoms with van der Waals surface area (Å²) in [4.78, 5) is 0. The second-order valence-corrected chi connectivity index (χ2v) is 2.90. The molecule has 1 heteroatoms. The fraction of sp³-hybridized carbons (Fsp3) is 0.600. The highest BCUT2D eigenvalue weighted by atomic mass is 16.5. The normalized spacial score (nSPS) is 19.3. The molecule has 11 heavy (non-hydrogen) atoms. The number of hydrogen-bond donors (Lipinski definition) is 0. The van der Waals surface area contributed by atoms with Crippen molar-refractivity contribution in [3.63, 3.8) is 0 Å². The maximum absolute atomic E-state index is 4.89. The van der Waals surface area contributed by atoms with E-state index in [1.54, 1.807) is 18.9 Å². The molecule has 1 rings (SSSR count). The van der Waals surface area contributed by atoms with Crippen LogP contribution in [0.3, 0.4) is 0 Å². The minimum absolute atomic E-state index is 0.628. The molecule has 1 atom stereocenters. The summed E-state index contributed by atoms with van der Waals surface area (Å²) in [5, 5.41) is 0. The quantitative estimate of drug-likeness (QED) is 0.444. The monoisotopic (exact) mass is 152 g/mol. The Labute approximate surface area is 68.8 Å². The summed E-state index contributed by atoms with van der Waals surface area (Å²) < 4.78 is 4.89. The van der Waals surface area contributed by atoms with Gasteiger partial charge in [-0.15, -0.1) is 0 Å². The average molecular weight is 152 g/mol. The van der Waals surface area contributed by atoms with Crippen molar-refractivity contribution in [2.75, 3.05) is 7.11 Å². The highest BCUT2D eigenvalue weighted by Gasteiger charge is 2.13. The third kappa shape index (κ3) is 2.11. The first kappa shape index (κ1) is 8.38. The van der Waals surface area contributed by atoms with Gasteiger partial charge in [-0.25, -0.2) is 0 Å². The fourth-order valence-corrected chi connectivity index (χ4v) is 1.34. The second-order valence-electron chi connectivity index (χ2n) is 2.90. The van der Waals surface area contributed by atoms with Gasteiger partial charge in [-0.05, 0) is 25.3 Å². The molecule has 0 aromatic heterocycles. The van der Waals surface area contributed by atoms with Crippen molar-refractivity contribution in [1.29, 1.82) is 0 Å². The minimum Gasteiger partial charge on any atom is -0.505 e. The van der Waals surface area contributed by atoms with Gasteiger partial charge in [0.15, 0.2) is 0 Å². The van der Waals surface area contributed by atoms with Crippen molar-refractivity contribution >= 4 is 0 Å². The maximum atomic E-state index is 4.89. The van der Waals surface area contributed by atoms with Crippen LogP contribution in [-0.4, -0.2) is 7.11 Å². The zero-order valence-corrected chi connectivity index (χ0v) is 7.34. The van der Waals surface area contributed by atoms with Gasteiger partial charge in [-0.1, -0.05) is 18.6 Å². The molecule has 1 aliphatic carbocycles. The third-order valence-corrected chi connectivity index (χ3v) is 2.20. The predicted octanol–water partition coefficient (Wildman–Crippen LogP) is 2.89. The van der Waals surface area contributed by atoms with Gasteiger partial charge in [-0.3, -0.25) is 0 Å². The van der Waals surface area contributed by atoms with E-state index in [0.29, 0.717) is 5.92 Å². The van der Waals surface area contributed by atoms with Crippen LogP contribution in [0.1, 0.15) is 26.2 Å². The zero-order chi connectivity index (χ0) is 8.10. The van der Waals surface area contributed by atoms with Gasteiger partial charge < -0.3 is 4.74 Å². The van der Waals surface area contributed by atoms with Crippen LogP contribution in [0.5, 0.6) is 0 Å². The molecule has 0 heterocycles.